The van der Waals surface area contributed by atoms with Gasteiger partial charge in [0.25, 0.3) is 5.69 Å². The normalized spacial score (nSPS) is 10.1. The van der Waals surface area contributed by atoms with Crippen LogP contribution in [0.2, 0.25) is 0 Å². The van der Waals surface area contributed by atoms with E-state index in [-0.39, 0.29) is 5.69 Å². The highest BCUT2D eigenvalue weighted by Gasteiger charge is 2.12. The average molecular weight is 230 g/mol. The van der Waals surface area contributed by atoms with Crippen molar-refractivity contribution in [3.8, 4) is 0 Å². The number of aldehydes is 1. The number of nitrogens with zero attached hydrogens (tertiary/aromatic N) is 2. The molecule has 0 saturated carbocycles. The van der Waals surface area contributed by atoms with Gasteiger partial charge in [-0.1, -0.05) is 18.2 Å². The minimum Gasteiger partial charge on any atom is -0.349 e. The number of nitro benzene ring substituents is 1. The van der Waals surface area contributed by atoms with Crippen LogP contribution in [0.25, 0.3) is 0 Å². The monoisotopic (exact) mass is 230 g/mol. The van der Waals surface area contributed by atoms with Crippen LogP contribution in [0.4, 0.5) is 5.69 Å². The Morgan fingerprint density at radius 3 is 2.71 bits per heavy atom. The van der Waals surface area contributed by atoms with Gasteiger partial charge < -0.3 is 4.57 Å². The first kappa shape index (κ1) is 11.1. The molecule has 0 fully saturated rings. The lowest BCUT2D eigenvalue weighted by atomic mass is 10.2. The Hall–Kier alpha value is -2.43. The first-order valence-electron chi connectivity index (χ1n) is 5.04. The molecule has 0 radical (unpaired) electrons. The third-order valence-corrected chi connectivity index (χ3v) is 2.45. The van der Waals surface area contributed by atoms with Gasteiger partial charge in [-0.05, 0) is 6.07 Å². The van der Waals surface area contributed by atoms with E-state index in [2.05, 4.69) is 0 Å². The quantitative estimate of drug-likeness (QED) is 0.459. The smallest absolute Gasteiger partial charge is 0.274 e. The molecule has 1 heterocycles. The van der Waals surface area contributed by atoms with Crippen molar-refractivity contribution in [2.24, 2.45) is 0 Å². The van der Waals surface area contributed by atoms with Crippen molar-refractivity contribution in [1.82, 2.24) is 4.57 Å². The van der Waals surface area contributed by atoms with Crippen molar-refractivity contribution in [2.45, 2.75) is 6.54 Å². The van der Waals surface area contributed by atoms with Crippen LogP contribution in [0.3, 0.4) is 0 Å². The van der Waals surface area contributed by atoms with E-state index in [0.717, 1.165) is 6.29 Å². The van der Waals surface area contributed by atoms with Gasteiger partial charge in [0.2, 0.25) is 0 Å². The minimum absolute atomic E-state index is 0.0915. The largest absolute Gasteiger partial charge is 0.349 e. The Bertz CT molecular complexity index is 560. The second-order valence-corrected chi connectivity index (χ2v) is 3.62. The fourth-order valence-corrected chi connectivity index (χ4v) is 1.65. The number of hydrogen-bond acceptors (Lipinski definition) is 3. The second-order valence-electron chi connectivity index (χ2n) is 3.62. The molecule has 5 nitrogen and oxygen atoms in total. The summed E-state index contributed by atoms with van der Waals surface area (Å²) < 4.78 is 1.74. The molecule has 0 unspecified atom stereocenters. The van der Waals surface area contributed by atoms with Gasteiger partial charge in [-0.25, -0.2) is 0 Å². The Morgan fingerprint density at radius 2 is 2.06 bits per heavy atom. The molecule has 1 aromatic carbocycles. The van der Waals surface area contributed by atoms with Crippen molar-refractivity contribution in [3.05, 3.63) is 64.0 Å². The van der Waals surface area contributed by atoms with Crippen molar-refractivity contribution in [2.75, 3.05) is 0 Å². The zero-order chi connectivity index (χ0) is 12.3. The Morgan fingerprint density at radius 1 is 1.29 bits per heavy atom. The number of carbonyl (C=O) groups excluding carboxylic acids is 1. The predicted molar refractivity (Wildman–Crippen MR) is 62.0 cm³/mol. The molecule has 17 heavy (non-hydrogen) atoms. The molecule has 0 aliphatic carbocycles. The van der Waals surface area contributed by atoms with Gasteiger partial charge in [0.05, 0.1) is 11.5 Å². The predicted octanol–water partition coefficient (Wildman–Crippen LogP) is 2.26. The van der Waals surface area contributed by atoms with Crippen LogP contribution in [0, 0.1) is 10.1 Å². The summed E-state index contributed by atoms with van der Waals surface area (Å²) in [6.07, 6.45) is 4.13. The fourth-order valence-electron chi connectivity index (χ4n) is 1.65. The lowest BCUT2D eigenvalue weighted by Gasteiger charge is -2.03. The first-order chi connectivity index (χ1) is 8.20. The van der Waals surface area contributed by atoms with Crippen LogP contribution >= 0.6 is 0 Å². The maximum atomic E-state index is 10.8. The molecule has 5 heteroatoms. The van der Waals surface area contributed by atoms with Gasteiger partial charge in [-0.15, -0.1) is 0 Å². The van der Waals surface area contributed by atoms with E-state index in [9.17, 15) is 14.9 Å². The highest BCUT2D eigenvalue weighted by atomic mass is 16.6. The number of hydrogen-bond donors (Lipinski definition) is 0. The zero-order valence-electron chi connectivity index (χ0n) is 8.95. The van der Waals surface area contributed by atoms with Crippen LogP contribution in [0.5, 0.6) is 0 Å². The molecular formula is C12H10N2O3. The SMILES string of the molecule is O=Cc1ccn(Cc2ccccc2[N+](=O)[O-])c1. The lowest BCUT2D eigenvalue weighted by Crippen LogP contribution is -2.00. The van der Waals surface area contributed by atoms with E-state index in [0.29, 0.717) is 17.7 Å². The topological polar surface area (TPSA) is 65.1 Å². The zero-order valence-corrected chi connectivity index (χ0v) is 8.95. The Labute approximate surface area is 97.5 Å². The summed E-state index contributed by atoms with van der Waals surface area (Å²) in [7, 11) is 0. The van der Waals surface area contributed by atoms with Crippen molar-refractivity contribution >= 4 is 12.0 Å². The highest BCUT2D eigenvalue weighted by molar-refractivity contribution is 5.74. The molecule has 0 atom stereocenters. The van der Waals surface area contributed by atoms with Crippen LogP contribution < -0.4 is 0 Å². The molecule has 1 aromatic heterocycles. The van der Waals surface area contributed by atoms with Crippen molar-refractivity contribution in [1.29, 1.82) is 0 Å². The van der Waals surface area contributed by atoms with Crippen LogP contribution in [-0.4, -0.2) is 15.8 Å². The minimum atomic E-state index is -0.403. The molecule has 86 valence electrons. The number of para-hydroxylation sites is 1. The van der Waals surface area contributed by atoms with E-state index in [4.69, 9.17) is 0 Å². The number of rotatable bonds is 4. The third-order valence-electron chi connectivity index (χ3n) is 2.45. The first-order valence-corrected chi connectivity index (χ1v) is 5.04. The maximum Gasteiger partial charge on any atom is 0.274 e. The average Bonchev–Trinajstić information content (AvgIpc) is 2.77. The second kappa shape index (κ2) is 4.61. The molecule has 0 N–H and O–H groups in total. The molecule has 0 aliphatic rings. The van der Waals surface area contributed by atoms with Crippen LogP contribution in [-0.2, 0) is 6.54 Å². The van der Waals surface area contributed by atoms with E-state index in [1.54, 1.807) is 41.2 Å². The van der Waals surface area contributed by atoms with Gasteiger partial charge in [-0.3, -0.25) is 14.9 Å². The maximum absolute atomic E-state index is 10.8. The lowest BCUT2D eigenvalue weighted by molar-refractivity contribution is -0.385. The summed E-state index contributed by atoms with van der Waals surface area (Å²) in [5.74, 6) is 0. The van der Waals surface area contributed by atoms with Crippen molar-refractivity contribution < 1.29 is 9.72 Å². The summed E-state index contributed by atoms with van der Waals surface area (Å²) in [6.45, 7) is 0.380. The van der Waals surface area contributed by atoms with Crippen LogP contribution in [0.15, 0.2) is 42.7 Å². The Kier molecular flexibility index (Phi) is 3.00. The van der Waals surface area contributed by atoms with E-state index in [1.807, 2.05) is 0 Å². The molecule has 2 rings (SSSR count). The number of nitro groups is 1. The van der Waals surface area contributed by atoms with Gasteiger partial charge in [-0.2, -0.15) is 0 Å². The number of benzene rings is 1. The molecule has 0 aliphatic heterocycles. The molecule has 0 bridgehead atoms. The fraction of sp³-hybridized carbons (Fsp3) is 0.0833. The molecule has 2 aromatic rings. The van der Waals surface area contributed by atoms with Crippen LogP contribution in [0.1, 0.15) is 15.9 Å². The molecule has 0 saturated heterocycles. The summed E-state index contributed by atoms with van der Waals surface area (Å²) >= 11 is 0. The Balaban J connectivity index is 2.29. The molecule has 0 spiro atoms. The standard InChI is InChI=1S/C12H10N2O3/c15-9-10-5-6-13(7-10)8-11-3-1-2-4-12(11)14(16)17/h1-7,9H,8H2. The summed E-state index contributed by atoms with van der Waals surface area (Å²) in [6, 6.07) is 8.24. The van der Waals surface area contributed by atoms with E-state index >= 15 is 0 Å². The van der Waals surface area contributed by atoms with Crippen molar-refractivity contribution in [3.63, 3.8) is 0 Å². The van der Waals surface area contributed by atoms with Gasteiger partial charge in [0.1, 0.15) is 0 Å². The highest BCUT2D eigenvalue weighted by Crippen LogP contribution is 2.18. The van der Waals surface area contributed by atoms with E-state index < -0.39 is 4.92 Å². The third kappa shape index (κ3) is 2.39. The number of carbonyl (C=O) groups is 1. The summed E-state index contributed by atoms with van der Waals surface area (Å²) in [5, 5.41) is 10.8. The van der Waals surface area contributed by atoms with Gasteiger partial charge in [0, 0.05) is 29.6 Å². The summed E-state index contributed by atoms with van der Waals surface area (Å²) in [4.78, 5) is 20.9. The van der Waals surface area contributed by atoms with Gasteiger partial charge >= 0.3 is 0 Å². The summed E-state index contributed by atoms with van der Waals surface area (Å²) in [5.41, 5.74) is 1.27. The van der Waals surface area contributed by atoms with Gasteiger partial charge in [0.15, 0.2) is 6.29 Å². The molecule has 0 amide bonds. The molecular weight excluding hydrogens is 220 g/mol. The number of aromatic nitrogens is 1. The van der Waals surface area contributed by atoms with E-state index in [1.165, 1.54) is 6.07 Å².